The van der Waals surface area contributed by atoms with Crippen molar-refractivity contribution in [1.29, 1.82) is 0 Å². The van der Waals surface area contributed by atoms with Crippen molar-refractivity contribution in [3.63, 3.8) is 0 Å². The van der Waals surface area contributed by atoms with Crippen LogP contribution < -0.4 is 10.1 Å². The highest BCUT2D eigenvalue weighted by molar-refractivity contribution is 9.10. The lowest BCUT2D eigenvalue weighted by molar-refractivity contribution is 0.102. The summed E-state index contributed by atoms with van der Waals surface area (Å²) < 4.78 is 6.11. The summed E-state index contributed by atoms with van der Waals surface area (Å²) in [5, 5.41) is 2.78. The van der Waals surface area contributed by atoms with Crippen molar-refractivity contribution in [3.8, 4) is 5.75 Å². The van der Waals surface area contributed by atoms with E-state index < -0.39 is 0 Å². The number of rotatable bonds is 3. The number of hydrogen-bond acceptors (Lipinski definition) is 3. The molecule has 0 unspecified atom stereocenters. The first-order valence-electron chi connectivity index (χ1n) is 6.10. The number of carbonyl (C=O) groups is 1. The molecule has 104 valence electrons. The number of halogens is 1. The summed E-state index contributed by atoms with van der Waals surface area (Å²) in [6.45, 7) is 3.84. The number of aromatic nitrogens is 1. The third-order valence-corrected chi connectivity index (χ3v) is 3.64. The zero-order chi connectivity index (χ0) is 14.7. The molecule has 0 fully saturated rings. The van der Waals surface area contributed by atoms with Gasteiger partial charge in [0.1, 0.15) is 11.6 Å². The van der Waals surface area contributed by atoms with E-state index in [1.165, 1.54) is 0 Å². The fourth-order valence-electron chi connectivity index (χ4n) is 1.90. The van der Waals surface area contributed by atoms with Crippen molar-refractivity contribution < 1.29 is 9.53 Å². The highest BCUT2D eigenvalue weighted by Crippen LogP contribution is 2.24. The van der Waals surface area contributed by atoms with Crippen molar-refractivity contribution in [1.82, 2.24) is 4.98 Å². The van der Waals surface area contributed by atoms with Gasteiger partial charge in [-0.15, -0.1) is 0 Å². The van der Waals surface area contributed by atoms with Gasteiger partial charge in [0.2, 0.25) is 0 Å². The van der Waals surface area contributed by atoms with Gasteiger partial charge in [0.05, 0.1) is 7.11 Å². The zero-order valence-corrected chi connectivity index (χ0v) is 13.1. The Hall–Kier alpha value is -1.88. The largest absolute Gasteiger partial charge is 0.496 e. The van der Waals surface area contributed by atoms with Gasteiger partial charge in [-0.1, -0.05) is 0 Å². The maximum atomic E-state index is 12.3. The SMILES string of the molecule is COc1ccc(C(=O)Nc2ccc(Br)cn2)c(C)c1C. The van der Waals surface area contributed by atoms with E-state index in [2.05, 4.69) is 26.2 Å². The Morgan fingerprint density at radius 3 is 2.55 bits per heavy atom. The van der Waals surface area contributed by atoms with Gasteiger partial charge in [-0.25, -0.2) is 4.98 Å². The van der Waals surface area contributed by atoms with E-state index >= 15 is 0 Å². The Balaban J connectivity index is 2.25. The summed E-state index contributed by atoms with van der Waals surface area (Å²) in [6.07, 6.45) is 1.64. The fraction of sp³-hybridized carbons (Fsp3) is 0.200. The van der Waals surface area contributed by atoms with Crippen molar-refractivity contribution in [2.75, 3.05) is 12.4 Å². The third-order valence-electron chi connectivity index (χ3n) is 3.17. The summed E-state index contributed by atoms with van der Waals surface area (Å²) in [5.41, 5.74) is 2.48. The quantitative estimate of drug-likeness (QED) is 0.930. The molecule has 1 aromatic heterocycles. The van der Waals surface area contributed by atoms with Crippen molar-refractivity contribution in [2.45, 2.75) is 13.8 Å². The molecule has 0 saturated carbocycles. The maximum Gasteiger partial charge on any atom is 0.257 e. The monoisotopic (exact) mass is 334 g/mol. The number of methoxy groups -OCH3 is 1. The Bertz CT molecular complexity index is 639. The second-order valence-corrected chi connectivity index (χ2v) is 5.30. The number of hydrogen-bond donors (Lipinski definition) is 1. The second-order valence-electron chi connectivity index (χ2n) is 4.38. The van der Waals surface area contributed by atoms with E-state index in [0.29, 0.717) is 11.4 Å². The van der Waals surface area contributed by atoms with Crippen LogP contribution in [-0.4, -0.2) is 18.0 Å². The fourth-order valence-corrected chi connectivity index (χ4v) is 2.13. The maximum absolute atomic E-state index is 12.3. The average Bonchev–Trinajstić information content (AvgIpc) is 2.44. The van der Waals surface area contributed by atoms with Gasteiger partial charge in [0.25, 0.3) is 5.91 Å². The normalized spacial score (nSPS) is 10.2. The number of pyridine rings is 1. The van der Waals surface area contributed by atoms with E-state index in [1.807, 2.05) is 19.9 Å². The molecule has 4 nitrogen and oxygen atoms in total. The van der Waals surface area contributed by atoms with Gasteiger partial charge in [-0.05, 0) is 65.2 Å². The van der Waals surface area contributed by atoms with E-state index in [4.69, 9.17) is 4.74 Å². The van der Waals surface area contributed by atoms with Crippen LogP contribution >= 0.6 is 15.9 Å². The molecule has 0 aliphatic rings. The van der Waals surface area contributed by atoms with Gasteiger partial charge in [-0.2, -0.15) is 0 Å². The Morgan fingerprint density at radius 2 is 1.95 bits per heavy atom. The van der Waals surface area contributed by atoms with Crippen LogP contribution in [0.5, 0.6) is 5.75 Å². The minimum Gasteiger partial charge on any atom is -0.496 e. The molecule has 0 aliphatic heterocycles. The van der Waals surface area contributed by atoms with E-state index in [0.717, 1.165) is 21.3 Å². The molecule has 2 rings (SSSR count). The number of nitrogens with one attached hydrogen (secondary N) is 1. The lowest BCUT2D eigenvalue weighted by atomic mass is 10.0. The smallest absolute Gasteiger partial charge is 0.257 e. The molecular formula is C15H15BrN2O2. The first kappa shape index (κ1) is 14.5. The van der Waals surface area contributed by atoms with Gasteiger partial charge in [-0.3, -0.25) is 4.79 Å². The first-order chi connectivity index (χ1) is 9.52. The minimum atomic E-state index is -0.178. The van der Waals surface area contributed by atoms with Crippen molar-refractivity contribution in [2.24, 2.45) is 0 Å². The number of carbonyl (C=O) groups excluding carboxylic acids is 1. The lowest BCUT2D eigenvalue weighted by Gasteiger charge is -2.12. The lowest BCUT2D eigenvalue weighted by Crippen LogP contribution is -2.15. The summed E-state index contributed by atoms with van der Waals surface area (Å²) in [6, 6.07) is 7.13. The zero-order valence-electron chi connectivity index (χ0n) is 11.5. The topological polar surface area (TPSA) is 51.2 Å². The van der Waals surface area contributed by atoms with Crippen molar-refractivity contribution in [3.05, 3.63) is 51.6 Å². The molecule has 2 aromatic rings. The van der Waals surface area contributed by atoms with Crippen LogP contribution in [0.4, 0.5) is 5.82 Å². The minimum absolute atomic E-state index is 0.178. The molecule has 0 saturated heterocycles. The summed E-state index contributed by atoms with van der Waals surface area (Å²) >= 11 is 3.30. The highest BCUT2D eigenvalue weighted by Gasteiger charge is 2.13. The molecule has 0 aliphatic carbocycles. The predicted octanol–water partition coefficient (Wildman–Crippen LogP) is 3.72. The molecule has 0 bridgehead atoms. The van der Waals surface area contributed by atoms with Crippen LogP contribution in [0.15, 0.2) is 34.9 Å². The Morgan fingerprint density at radius 1 is 1.20 bits per heavy atom. The Kier molecular flexibility index (Phi) is 4.39. The molecule has 1 amide bonds. The molecular weight excluding hydrogens is 320 g/mol. The number of nitrogens with zero attached hydrogens (tertiary/aromatic N) is 1. The Labute approximate surface area is 126 Å². The van der Waals surface area contributed by atoms with Crippen LogP contribution in [0.3, 0.4) is 0 Å². The molecule has 0 spiro atoms. The molecule has 0 radical (unpaired) electrons. The summed E-state index contributed by atoms with van der Waals surface area (Å²) in [4.78, 5) is 16.4. The number of ether oxygens (including phenoxy) is 1. The number of amides is 1. The number of benzene rings is 1. The third kappa shape index (κ3) is 2.99. The van der Waals surface area contributed by atoms with Crippen LogP contribution in [-0.2, 0) is 0 Å². The molecule has 0 atom stereocenters. The highest BCUT2D eigenvalue weighted by atomic mass is 79.9. The molecule has 1 N–H and O–H groups in total. The molecule has 20 heavy (non-hydrogen) atoms. The molecule has 1 heterocycles. The molecule has 5 heteroatoms. The molecule has 1 aromatic carbocycles. The van der Waals surface area contributed by atoms with E-state index in [1.54, 1.807) is 31.5 Å². The second kappa shape index (κ2) is 6.05. The van der Waals surface area contributed by atoms with Gasteiger partial charge >= 0.3 is 0 Å². The van der Waals surface area contributed by atoms with Crippen molar-refractivity contribution >= 4 is 27.7 Å². The van der Waals surface area contributed by atoms with Gasteiger partial charge < -0.3 is 10.1 Å². The standard InChI is InChI=1S/C15H15BrN2O2/c1-9-10(2)13(20-3)6-5-12(9)15(19)18-14-7-4-11(16)8-17-14/h4-8H,1-3H3,(H,17,18,19). The van der Waals surface area contributed by atoms with Crippen LogP contribution in [0.25, 0.3) is 0 Å². The average molecular weight is 335 g/mol. The van der Waals surface area contributed by atoms with Gasteiger partial charge in [0, 0.05) is 16.2 Å². The summed E-state index contributed by atoms with van der Waals surface area (Å²) in [5.74, 6) is 1.12. The summed E-state index contributed by atoms with van der Waals surface area (Å²) in [7, 11) is 1.62. The van der Waals surface area contributed by atoms with Crippen LogP contribution in [0.2, 0.25) is 0 Å². The predicted molar refractivity (Wildman–Crippen MR) is 82.4 cm³/mol. The van der Waals surface area contributed by atoms with Gasteiger partial charge in [0.15, 0.2) is 0 Å². The van der Waals surface area contributed by atoms with Crippen LogP contribution in [0.1, 0.15) is 21.5 Å². The first-order valence-corrected chi connectivity index (χ1v) is 6.89. The number of anilines is 1. The van der Waals surface area contributed by atoms with Crippen LogP contribution in [0, 0.1) is 13.8 Å². The van der Waals surface area contributed by atoms with E-state index in [-0.39, 0.29) is 5.91 Å². The van der Waals surface area contributed by atoms with E-state index in [9.17, 15) is 4.79 Å².